The Morgan fingerprint density at radius 2 is 1.67 bits per heavy atom. The molecular weight excluding hydrogens is 342 g/mol. The second-order valence-electron chi connectivity index (χ2n) is 6.99. The normalized spacial score (nSPS) is 10.8. The number of methoxy groups -OCH3 is 1. The van der Waals surface area contributed by atoms with Crippen LogP contribution in [0.15, 0.2) is 36.4 Å². The summed E-state index contributed by atoms with van der Waals surface area (Å²) in [6, 6.07) is 10.9. The SMILES string of the molecule is COc1ccc(C=O)cc1OCC(=O)Nc1c(C(C)C)cccc1C(C)C. The topological polar surface area (TPSA) is 64.6 Å². The summed E-state index contributed by atoms with van der Waals surface area (Å²) in [5.74, 6) is 1.13. The number of nitrogens with one attached hydrogen (secondary N) is 1. The number of ether oxygens (including phenoxy) is 2. The van der Waals surface area contributed by atoms with Crippen LogP contribution in [0.2, 0.25) is 0 Å². The Morgan fingerprint density at radius 3 is 2.19 bits per heavy atom. The highest BCUT2D eigenvalue weighted by Gasteiger charge is 2.16. The van der Waals surface area contributed by atoms with Gasteiger partial charge in [-0.1, -0.05) is 45.9 Å². The molecule has 0 aliphatic carbocycles. The molecule has 0 atom stereocenters. The second-order valence-corrected chi connectivity index (χ2v) is 6.99. The fourth-order valence-corrected chi connectivity index (χ4v) is 2.89. The summed E-state index contributed by atoms with van der Waals surface area (Å²) in [7, 11) is 1.51. The van der Waals surface area contributed by atoms with Gasteiger partial charge >= 0.3 is 0 Å². The summed E-state index contributed by atoms with van der Waals surface area (Å²) in [4.78, 5) is 23.5. The monoisotopic (exact) mass is 369 g/mol. The summed E-state index contributed by atoms with van der Waals surface area (Å²) < 4.78 is 10.8. The lowest BCUT2D eigenvalue weighted by molar-refractivity contribution is -0.118. The molecule has 2 aromatic rings. The first-order valence-corrected chi connectivity index (χ1v) is 9.06. The Hall–Kier alpha value is -2.82. The molecule has 0 unspecified atom stereocenters. The summed E-state index contributed by atoms with van der Waals surface area (Å²) in [6.45, 7) is 8.22. The van der Waals surface area contributed by atoms with Gasteiger partial charge in [0.2, 0.25) is 0 Å². The molecular formula is C22H27NO4. The van der Waals surface area contributed by atoms with E-state index in [1.165, 1.54) is 7.11 Å². The van der Waals surface area contributed by atoms with E-state index in [9.17, 15) is 9.59 Å². The maximum absolute atomic E-state index is 12.5. The quantitative estimate of drug-likeness (QED) is 0.681. The van der Waals surface area contributed by atoms with Gasteiger partial charge in [0.05, 0.1) is 7.11 Å². The third kappa shape index (κ3) is 5.09. The Labute approximate surface area is 160 Å². The van der Waals surface area contributed by atoms with E-state index in [1.54, 1.807) is 18.2 Å². The lowest BCUT2D eigenvalue weighted by Gasteiger charge is -2.20. The van der Waals surface area contributed by atoms with E-state index in [2.05, 4.69) is 33.0 Å². The molecule has 0 fully saturated rings. The molecule has 0 bridgehead atoms. The molecule has 5 nitrogen and oxygen atoms in total. The second kappa shape index (κ2) is 9.21. The highest BCUT2D eigenvalue weighted by Crippen LogP contribution is 2.32. The minimum absolute atomic E-state index is 0.178. The average molecular weight is 369 g/mol. The minimum atomic E-state index is -0.261. The average Bonchev–Trinajstić information content (AvgIpc) is 2.65. The Morgan fingerprint density at radius 1 is 1.04 bits per heavy atom. The van der Waals surface area contributed by atoms with Gasteiger partial charge in [-0.15, -0.1) is 0 Å². The van der Waals surface area contributed by atoms with Crippen LogP contribution in [0.3, 0.4) is 0 Å². The molecule has 0 aliphatic rings. The van der Waals surface area contributed by atoms with E-state index in [1.807, 2.05) is 18.2 Å². The van der Waals surface area contributed by atoms with E-state index in [4.69, 9.17) is 9.47 Å². The van der Waals surface area contributed by atoms with Crippen molar-refractivity contribution in [3.8, 4) is 11.5 Å². The number of carbonyl (C=O) groups excluding carboxylic acids is 2. The Kier molecular flexibility index (Phi) is 6.99. The number of anilines is 1. The third-order valence-corrected chi connectivity index (χ3v) is 4.32. The van der Waals surface area contributed by atoms with Crippen LogP contribution in [0.25, 0.3) is 0 Å². The van der Waals surface area contributed by atoms with Gasteiger partial charge in [-0.2, -0.15) is 0 Å². The largest absolute Gasteiger partial charge is 0.493 e. The maximum atomic E-state index is 12.5. The first-order valence-electron chi connectivity index (χ1n) is 9.06. The van der Waals surface area contributed by atoms with Crippen molar-refractivity contribution in [1.82, 2.24) is 0 Å². The Balaban J connectivity index is 2.18. The number of benzene rings is 2. The molecule has 5 heteroatoms. The summed E-state index contributed by atoms with van der Waals surface area (Å²) >= 11 is 0. The zero-order valence-electron chi connectivity index (χ0n) is 16.5. The summed E-state index contributed by atoms with van der Waals surface area (Å²) in [5.41, 5.74) is 3.49. The zero-order chi connectivity index (χ0) is 20.0. The van der Waals surface area contributed by atoms with E-state index >= 15 is 0 Å². The molecule has 0 radical (unpaired) electrons. The molecule has 2 rings (SSSR count). The highest BCUT2D eigenvalue weighted by atomic mass is 16.5. The molecule has 0 aromatic heterocycles. The van der Waals surface area contributed by atoms with Crippen molar-refractivity contribution in [3.63, 3.8) is 0 Å². The molecule has 1 amide bonds. The van der Waals surface area contributed by atoms with Crippen molar-refractivity contribution in [2.75, 3.05) is 19.0 Å². The lowest BCUT2D eigenvalue weighted by atomic mass is 9.92. The number of carbonyl (C=O) groups is 2. The first kappa shape index (κ1) is 20.5. The fourth-order valence-electron chi connectivity index (χ4n) is 2.89. The number of hydrogen-bond acceptors (Lipinski definition) is 4. The van der Waals surface area contributed by atoms with Gasteiger partial charge in [0, 0.05) is 11.3 Å². The number of aldehydes is 1. The summed E-state index contributed by atoms with van der Waals surface area (Å²) in [5, 5.41) is 3.00. The fraction of sp³-hybridized carbons (Fsp3) is 0.364. The van der Waals surface area contributed by atoms with Crippen molar-refractivity contribution in [2.24, 2.45) is 0 Å². The van der Waals surface area contributed by atoms with Crippen LogP contribution in [-0.4, -0.2) is 25.9 Å². The van der Waals surface area contributed by atoms with E-state index < -0.39 is 0 Å². The molecule has 144 valence electrons. The summed E-state index contributed by atoms with van der Waals surface area (Å²) in [6.07, 6.45) is 0.722. The molecule has 1 N–H and O–H groups in total. The van der Waals surface area contributed by atoms with Crippen LogP contribution >= 0.6 is 0 Å². The van der Waals surface area contributed by atoms with Gasteiger partial charge in [-0.3, -0.25) is 9.59 Å². The number of para-hydroxylation sites is 1. The predicted molar refractivity (Wildman–Crippen MR) is 107 cm³/mol. The van der Waals surface area contributed by atoms with E-state index in [-0.39, 0.29) is 24.3 Å². The molecule has 0 spiro atoms. The Bertz CT molecular complexity index is 786. The predicted octanol–water partition coefficient (Wildman–Crippen LogP) is 4.77. The van der Waals surface area contributed by atoms with Gasteiger partial charge in [0.25, 0.3) is 5.91 Å². The minimum Gasteiger partial charge on any atom is -0.493 e. The van der Waals surface area contributed by atoms with Crippen molar-refractivity contribution in [1.29, 1.82) is 0 Å². The van der Waals surface area contributed by atoms with Crippen molar-refractivity contribution in [3.05, 3.63) is 53.1 Å². The molecule has 0 saturated heterocycles. The molecule has 0 saturated carbocycles. The van der Waals surface area contributed by atoms with Crippen molar-refractivity contribution < 1.29 is 19.1 Å². The van der Waals surface area contributed by atoms with Crippen LogP contribution in [0.1, 0.15) is 61.0 Å². The highest BCUT2D eigenvalue weighted by molar-refractivity contribution is 5.93. The number of amides is 1. The third-order valence-electron chi connectivity index (χ3n) is 4.32. The molecule has 27 heavy (non-hydrogen) atoms. The van der Waals surface area contributed by atoms with Crippen LogP contribution in [0, 0.1) is 0 Å². The van der Waals surface area contributed by atoms with Crippen molar-refractivity contribution in [2.45, 2.75) is 39.5 Å². The van der Waals surface area contributed by atoms with Gasteiger partial charge in [-0.25, -0.2) is 0 Å². The zero-order valence-corrected chi connectivity index (χ0v) is 16.5. The van der Waals surface area contributed by atoms with Crippen LogP contribution in [0.4, 0.5) is 5.69 Å². The van der Waals surface area contributed by atoms with Gasteiger partial charge in [0.1, 0.15) is 6.29 Å². The van der Waals surface area contributed by atoms with Crippen molar-refractivity contribution >= 4 is 17.9 Å². The number of rotatable bonds is 8. The number of hydrogen-bond donors (Lipinski definition) is 1. The first-order chi connectivity index (χ1) is 12.9. The van der Waals surface area contributed by atoms with Gasteiger partial charge < -0.3 is 14.8 Å². The maximum Gasteiger partial charge on any atom is 0.262 e. The van der Waals surface area contributed by atoms with E-state index in [0.717, 1.165) is 23.1 Å². The standard InChI is InChI=1S/C22H27NO4/c1-14(2)17-7-6-8-18(15(3)4)22(17)23-21(25)13-27-20-11-16(12-24)9-10-19(20)26-5/h6-12,14-15H,13H2,1-5H3,(H,23,25). The van der Waals surface area contributed by atoms with Gasteiger partial charge in [0.15, 0.2) is 18.1 Å². The van der Waals surface area contributed by atoms with Crippen LogP contribution < -0.4 is 14.8 Å². The van der Waals surface area contributed by atoms with E-state index in [0.29, 0.717) is 17.1 Å². The smallest absolute Gasteiger partial charge is 0.262 e. The molecule has 0 aliphatic heterocycles. The van der Waals surface area contributed by atoms with Crippen LogP contribution in [-0.2, 0) is 4.79 Å². The molecule has 2 aromatic carbocycles. The van der Waals surface area contributed by atoms with Gasteiger partial charge in [-0.05, 0) is 41.2 Å². The molecule has 0 heterocycles. The lowest BCUT2D eigenvalue weighted by Crippen LogP contribution is -2.22. The van der Waals surface area contributed by atoms with Crippen LogP contribution in [0.5, 0.6) is 11.5 Å².